The highest BCUT2D eigenvalue weighted by Crippen LogP contribution is 2.49. The molecule has 2 aliphatic rings. The van der Waals surface area contributed by atoms with Gasteiger partial charge in [-0.15, -0.1) is 0 Å². The Morgan fingerprint density at radius 2 is 1.55 bits per heavy atom. The molecule has 2 amide bonds. The van der Waals surface area contributed by atoms with Crippen LogP contribution >= 0.6 is 39.1 Å². The molecule has 3 atom stereocenters. The van der Waals surface area contributed by atoms with Crippen molar-refractivity contribution in [1.82, 2.24) is 0 Å². The maximum absolute atomic E-state index is 13.5. The van der Waals surface area contributed by atoms with Crippen molar-refractivity contribution < 1.29 is 14.4 Å². The van der Waals surface area contributed by atoms with E-state index in [-0.39, 0.29) is 5.91 Å². The van der Waals surface area contributed by atoms with Crippen molar-refractivity contribution in [2.75, 3.05) is 9.96 Å². The number of amides is 2. The van der Waals surface area contributed by atoms with E-state index >= 15 is 0 Å². The summed E-state index contributed by atoms with van der Waals surface area (Å²) in [5, 5.41) is 2.50. The molecule has 0 bridgehead atoms. The van der Waals surface area contributed by atoms with E-state index in [1.165, 1.54) is 4.90 Å². The molecule has 5 rings (SSSR count). The van der Waals surface area contributed by atoms with Gasteiger partial charge in [0.15, 0.2) is 6.10 Å². The quantitative estimate of drug-likeness (QED) is 0.411. The molecule has 3 unspecified atom stereocenters. The van der Waals surface area contributed by atoms with Gasteiger partial charge < -0.3 is 0 Å². The van der Waals surface area contributed by atoms with Gasteiger partial charge in [0, 0.05) is 14.5 Å². The zero-order chi connectivity index (χ0) is 21.7. The maximum Gasteiger partial charge on any atom is 0.266 e. The number of rotatable bonds is 3. The summed E-state index contributed by atoms with van der Waals surface area (Å²) in [5.41, 5.74) is 1.90. The van der Waals surface area contributed by atoms with Gasteiger partial charge in [-0.05, 0) is 54.1 Å². The number of nitrogens with zero attached hydrogens (tertiary/aromatic N) is 2. The lowest BCUT2D eigenvalue weighted by Gasteiger charge is -2.29. The number of anilines is 2. The number of para-hydroxylation sites is 1. The first-order valence-corrected chi connectivity index (χ1v) is 11.1. The van der Waals surface area contributed by atoms with Crippen LogP contribution in [0.5, 0.6) is 0 Å². The van der Waals surface area contributed by atoms with Crippen LogP contribution in [0.4, 0.5) is 11.4 Å². The molecular weight excluding hydrogens is 503 g/mol. The molecule has 8 heteroatoms. The fraction of sp³-hybridized carbons (Fsp3) is 0.130. The topological polar surface area (TPSA) is 49.9 Å². The van der Waals surface area contributed by atoms with Crippen molar-refractivity contribution in [2.45, 2.75) is 12.1 Å². The van der Waals surface area contributed by atoms with Crippen LogP contribution in [-0.4, -0.2) is 17.9 Å². The minimum atomic E-state index is -0.951. The molecule has 2 fully saturated rings. The van der Waals surface area contributed by atoms with Crippen LogP contribution in [0.3, 0.4) is 0 Å². The van der Waals surface area contributed by atoms with Gasteiger partial charge >= 0.3 is 0 Å². The summed E-state index contributed by atoms with van der Waals surface area (Å²) < 4.78 is 0.855. The number of benzene rings is 3. The van der Waals surface area contributed by atoms with Gasteiger partial charge in [0.2, 0.25) is 5.91 Å². The zero-order valence-corrected chi connectivity index (χ0v) is 19.0. The normalized spacial score (nSPS) is 22.9. The summed E-state index contributed by atoms with van der Waals surface area (Å²) in [6, 6.07) is 20.9. The minimum Gasteiger partial charge on any atom is -0.273 e. The Bertz CT molecular complexity index is 1170. The summed E-state index contributed by atoms with van der Waals surface area (Å²) >= 11 is 16.0. The van der Waals surface area contributed by atoms with Gasteiger partial charge in [-0.25, -0.2) is 9.96 Å². The van der Waals surface area contributed by atoms with Gasteiger partial charge in [-0.3, -0.25) is 14.4 Å². The largest absolute Gasteiger partial charge is 0.273 e. The molecule has 0 aromatic heterocycles. The highest BCUT2D eigenvalue weighted by Gasteiger charge is 2.60. The fourth-order valence-corrected chi connectivity index (χ4v) is 4.90. The Morgan fingerprint density at radius 1 is 0.839 bits per heavy atom. The molecule has 156 valence electrons. The number of hydrogen-bond acceptors (Lipinski definition) is 4. The lowest BCUT2D eigenvalue weighted by Crippen LogP contribution is -2.37. The predicted molar refractivity (Wildman–Crippen MR) is 123 cm³/mol. The molecule has 0 saturated carbocycles. The number of carbonyl (C=O) groups is 2. The van der Waals surface area contributed by atoms with Gasteiger partial charge in [0.1, 0.15) is 5.92 Å². The van der Waals surface area contributed by atoms with Gasteiger partial charge in [-0.1, -0.05) is 63.4 Å². The smallest absolute Gasteiger partial charge is 0.266 e. The Labute approximate surface area is 197 Å². The maximum atomic E-state index is 13.5. The van der Waals surface area contributed by atoms with Crippen LogP contribution in [0.15, 0.2) is 77.3 Å². The van der Waals surface area contributed by atoms with E-state index in [0.717, 1.165) is 10.2 Å². The summed E-state index contributed by atoms with van der Waals surface area (Å²) in [7, 11) is 0. The van der Waals surface area contributed by atoms with Crippen molar-refractivity contribution in [1.29, 1.82) is 0 Å². The molecule has 0 N–H and O–H groups in total. The Morgan fingerprint density at radius 3 is 2.23 bits per heavy atom. The van der Waals surface area contributed by atoms with Crippen molar-refractivity contribution in [3.63, 3.8) is 0 Å². The molecular formula is C23H15BrCl2N2O3. The van der Waals surface area contributed by atoms with E-state index < -0.39 is 24.0 Å². The van der Waals surface area contributed by atoms with Crippen LogP contribution in [-0.2, 0) is 14.4 Å². The summed E-state index contributed by atoms with van der Waals surface area (Å²) in [6.45, 7) is 0. The zero-order valence-electron chi connectivity index (χ0n) is 15.9. The third-order valence-electron chi connectivity index (χ3n) is 5.49. The third-order valence-corrected chi connectivity index (χ3v) is 6.58. The van der Waals surface area contributed by atoms with Gasteiger partial charge in [0.05, 0.1) is 17.4 Å². The van der Waals surface area contributed by atoms with E-state index in [1.54, 1.807) is 47.5 Å². The average Bonchev–Trinajstić information content (AvgIpc) is 3.26. The van der Waals surface area contributed by atoms with Crippen LogP contribution in [0.1, 0.15) is 11.6 Å². The number of halogens is 3. The van der Waals surface area contributed by atoms with Gasteiger partial charge in [-0.2, -0.15) is 0 Å². The van der Waals surface area contributed by atoms with Crippen molar-refractivity contribution >= 4 is 62.3 Å². The molecule has 3 aromatic rings. The van der Waals surface area contributed by atoms with Crippen molar-refractivity contribution in [2.24, 2.45) is 5.92 Å². The molecule has 0 spiro atoms. The fourth-order valence-electron chi connectivity index (χ4n) is 4.12. The predicted octanol–water partition coefficient (Wildman–Crippen LogP) is 5.81. The summed E-state index contributed by atoms with van der Waals surface area (Å²) in [4.78, 5) is 34.1. The Kier molecular flexibility index (Phi) is 5.26. The average molecular weight is 518 g/mol. The standard InChI is InChI=1S/C23H15BrCl2N2O3/c24-13-6-9-15(10-7-13)27-22(29)19-20(17-11-8-14(25)12-18(17)26)28(31-21(19)23(27)30)16-4-2-1-3-5-16/h1-12,19-21H. The molecule has 5 nitrogen and oxygen atoms in total. The SMILES string of the molecule is O=C1C2ON(c3ccccc3)C(c3ccc(Cl)cc3Cl)C2C(=O)N1c1ccc(Br)cc1. The molecule has 3 aromatic carbocycles. The number of imide groups is 1. The Hall–Kier alpha value is -2.38. The molecule has 2 saturated heterocycles. The van der Waals surface area contributed by atoms with E-state index in [0.29, 0.717) is 21.3 Å². The number of hydroxylamine groups is 1. The van der Waals surface area contributed by atoms with Crippen LogP contribution in [0, 0.1) is 5.92 Å². The van der Waals surface area contributed by atoms with E-state index in [1.807, 2.05) is 30.3 Å². The number of carbonyl (C=O) groups excluding carboxylic acids is 2. The number of fused-ring (bicyclic) bond motifs is 1. The molecule has 2 aliphatic heterocycles. The first kappa shape index (κ1) is 20.5. The molecule has 2 heterocycles. The molecule has 0 aliphatic carbocycles. The first-order valence-electron chi connectivity index (χ1n) is 9.55. The van der Waals surface area contributed by atoms with Crippen LogP contribution in [0.2, 0.25) is 10.0 Å². The van der Waals surface area contributed by atoms with Crippen LogP contribution < -0.4 is 9.96 Å². The van der Waals surface area contributed by atoms with E-state index in [9.17, 15) is 9.59 Å². The lowest BCUT2D eigenvalue weighted by atomic mass is 9.90. The van der Waals surface area contributed by atoms with Crippen molar-refractivity contribution in [3.05, 3.63) is 92.9 Å². The second kappa shape index (κ2) is 7.95. The highest BCUT2D eigenvalue weighted by atomic mass is 79.9. The molecule has 0 radical (unpaired) electrons. The van der Waals surface area contributed by atoms with Crippen molar-refractivity contribution in [3.8, 4) is 0 Å². The van der Waals surface area contributed by atoms with Crippen LogP contribution in [0.25, 0.3) is 0 Å². The van der Waals surface area contributed by atoms with E-state index in [4.69, 9.17) is 28.0 Å². The second-order valence-corrected chi connectivity index (χ2v) is 9.07. The monoisotopic (exact) mass is 516 g/mol. The molecule has 31 heavy (non-hydrogen) atoms. The van der Waals surface area contributed by atoms with Gasteiger partial charge in [0.25, 0.3) is 5.91 Å². The minimum absolute atomic E-state index is 0.327. The third kappa shape index (κ3) is 3.44. The summed E-state index contributed by atoms with van der Waals surface area (Å²) in [5.74, 6) is -1.48. The second-order valence-electron chi connectivity index (χ2n) is 7.31. The van der Waals surface area contributed by atoms with E-state index in [2.05, 4.69) is 15.9 Å². The lowest BCUT2D eigenvalue weighted by molar-refractivity contribution is -0.126. The first-order chi connectivity index (χ1) is 15.0. The summed E-state index contributed by atoms with van der Waals surface area (Å²) in [6.07, 6.45) is -0.951. The Balaban J connectivity index is 1.61. The number of hydrogen-bond donors (Lipinski definition) is 0. The highest BCUT2D eigenvalue weighted by molar-refractivity contribution is 9.10.